The molecule has 1 aromatic rings. The summed E-state index contributed by atoms with van der Waals surface area (Å²) in [5.74, 6) is 1.26. The molecule has 1 aliphatic carbocycles. The summed E-state index contributed by atoms with van der Waals surface area (Å²) in [6, 6.07) is 8.17. The minimum atomic E-state index is 0.344. The molecule has 1 fully saturated rings. The smallest absolute Gasteiger partial charge is 0.115 e. The second kappa shape index (κ2) is 5.35. The first-order valence-corrected chi connectivity index (χ1v) is 6.31. The maximum absolute atomic E-state index is 9.20. The summed E-state index contributed by atoms with van der Waals surface area (Å²) in [6.07, 6.45) is 5.33. The quantitative estimate of drug-likeness (QED) is 0.770. The van der Waals surface area contributed by atoms with Gasteiger partial charge in [-0.15, -0.1) is 0 Å². The first-order chi connectivity index (χ1) is 7.79. The summed E-state index contributed by atoms with van der Waals surface area (Å²) in [5.41, 5.74) is 1.25. The largest absolute Gasteiger partial charge is 0.508 e. The van der Waals surface area contributed by atoms with Crippen LogP contribution in [0.2, 0.25) is 0 Å². The number of hydrogen-bond donors (Lipinski definition) is 2. The Morgan fingerprint density at radius 3 is 2.56 bits per heavy atom. The Bertz CT molecular complexity index is 316. The molecule has 1 unspecified atom stereocenters. The molecule has 2 rings (SSSR count). The third-order valence-corrected chi connectivity index (χ3v) is 3.30. The highest BCUT2D eigenvalue weighted by molar-refractivity contribution is 5.25. The second-order valence-electron chi connectivity index (χ2n) is 4.78. The third-order valence-electron chi connectivity index (χ3n) is 3.30. The van der Waals surface area contributed by atoms with E-state index in [0.29, 0.717) is 11.8 Å². The van der Waals surface area contributed by atoms with Crippen molar-refractivity contribution in [2.45, 2.75) is 45.2 Å². The van der Waals surface area contributed by atoms with Gasteiger partial charge in [-0.1, -0.05) is 25.5 Å². The molecule has 0 spiro atoms. The van der Waals surface area contributed by atoms with E-state index in [1.165, 1.54) is 31.2 Å². The SMILES string of the molecule is CCCC(NCc1ccc(O)cc1)C1CC1. The molecule has 0 amide bonds. The normalized spacial score (nSPS) is 17.3. The molecule has 0 saturated heterocycles. The zero-order valence-corrected chi connectivity index (χ0v) is 9.95. The lowest BCUT2D eigenvalue weighted by Crippen LogP contribution is -2.30. The Hall–Kier alpha value is -1.02. The number of phenolic OH excluding ortho intramolecular Hbond substituents is 1. The highest BCUT2D eigenvalue weighted by Crippen LogP contribution is 2.34. The topological polar surface area (TPSA) is 32.3 Å². The van der Waals surface area contributed by atoms with Crippen molar-refractivity contribution >= 4 is 0 Å². The lowest BCUT2D eigenvalue weighted by atomic mass is 10.1. The van der Waals surface area contributed by atoms with Gasteiger partial charge in [0.05, 0.1) is 0 Å². The fourth-order valence-electron chi connectivity index (χ4n) is 2.18. The van der Waals surface area contributed by atoms with Crippen molar-refractivity contribution in [2.24, 2.45) is 5.92 Å². The first kappa shape index (κ1) is 11.5. The van der Waals surface area contributed by atoms with Gasteiger partial charge in [-0.2, -0.15) is 0 Å². The molecule has 0 heterocycles. The maximum Gasteiger partial charge on any atom is 0.115 e. The van der Waals surface area contributed by atoms with Gasteiger partial charge in [0.15, 0.2) is 0 Å². The number of aromatic hydroxyl groups is 1. The van der Waals surface area contributed by atoms with Gasteiger partial charge in [-0.25, -0.2) is 0 Å². The fraction of sp³-hybridized carbons (Fsp3) is 0.571. The van der Waals surface area contributed by atoms with Gasteiger partial charge >= 0.3 is 0 Å². The van der Waals surface area contributed by atoms with Crippen molar-refractivity contribution in [2.75, 3.05) is 0 Å². The highest BCUT2D eigenvalue weighted by atomic mass is 16.3. The van der Waals surface area contributed by atoms with Crippen LogP contribution in [-0.4, -0.2) is 11.1 Å². The van der Waals surface area contributed by atoms with Gasteiger partial charge in [0.25, 0.3) is 0 Å². The molecule has 0 aromatic heterocycles. The Labute approximate surface area is 97.7 Å². The van der Waals surface area contributed by atoms with Gasteiger partial charge < -0.3 is 10.4 Å². The Morgan fingerprint density at radius 1 is 1.31 bits per heavy atom. The van der Waals surface area contributed by atoms with Crippen LogP contribution in [0.15, 0.2) is 24.3 Å². The standard InChI is InChI=1S/C14H21NO/c1-2-3-14(12-6-7-12)15-10-11-4-8-13(16)9-5-11/h4-5,8-9,12,14-16H,2-3,6-7,10H2,1H3. The molecule has 2 nitrogen and oxygen atoms in total. The van der Waals surface area contributed by atoms with E-state index in [2.05, 4.69) is 12.2 Å². The summed E-state index contributed by atoms with van der Waals surface area (Å²) in [4.78, 5) is 0. The molecular weight excluding hydrogens is 198 g/mol. The summed E-state index contributed by atoms with van der Waals surface area (Å²) in [6.45, 7) is 3.17. The van der Waals surface area contributed by atoms with Crippen LogP contribution in [0.25, 0.3) is 0 Å². The number of benzene rings is 1. The zero-order valence-electron chi connectivity index (χ0n) is 9.95. The van der Waals surface area contributed by atoms with E-state index in [4.69, 9.17) is 0 Å². The monoisotopic (exact) mass is 219 g/mol. The molecule has 1 aromatic carbocycles. The predicted octanol–water partition coefficient (Wildman–Crippen LogP) is 3.06. The molecule has 0 aliphatic heterocycles. The molecule has 1 saturated carbocycles. The van der Waals surface area contributed by atoms with E-state index in [0.717, 1.165) is 12.5 Å². The Balaban J connectivity index is 1.82. The number of hydrogen-bond acceptors (Lipinski definition) is 2. The van der Waals surface area contributed by atoms with E-state index < -0.39 is 0 Å². The van der Waals surface area contributed by atoms with Crippen molar-refractivity contribution in [3.63, 3.8) is 0 Å². The molecule has 2 heteroatoms. The average Bonchev–Trinajstić information content (AvgIpc) is 3.10. The summed E-state index contributed by atoms with van der Waals surface area (Å²) in [5, 5.41) is 12.8. The van der Waals surface area contributed by atoms with E-state index in [-0.39, 0.29) is 0 Å². The Kier molecular flexibility index (Phi) is 3.83. The van der Waals surface area contributed by atoms with Gasteiger partial charge in [0.1, 0.15) is 5.75 Å². The number of rotatable bonds is 6. The average molecular weight is 219 g/mol. The Morgan fingerprint density at radius 2 is 2.00 bits per heavy atom. The van der Waals surface area contributed by atoms with Crippen LogP contribution in [0.1, 0.15) is 38.2 Å². The minimum Gasteiger partial charge on any atom is -0.508 e. The van der Waals surface area contributed by atoms with Crippen LogP contribution < -0.4 is 5.32 Å². The molecule has 1 aliphatic rings. The van der Waals surface area contributed by atoms with Gasteiger partial charge in [0, 0.05) is 12.6 Å². The van der Waals surface area contributed by atoms with Gasteiger partial charge in [0.2, 0.25) is 0 Å². The van der Waals surface area contributed by atoms with Gasteiger partial charge in [-0.05, 0) is 42.9 Å². The summed E-state index contributed by atoms with van der Waals surface area (Å²) >= 11 is 0. The van der Waals surface area contributed by atoms with Crippen LogP contribution in [0.5, 0.6) is 5.75 Å². The lowest BCUT2D eigenvalue weighted by molar-refractivity contribution is 0.429. The minimum absolute atomic E-state index is 0.344. The number of nitrogens with one attached hydrogen (secondary N) is 1. The van der Waals surface area contributed by atoms with E-state index in [9.17, 15) is 5.11 Å². The second-order valence-corrected chi connectivity index (χ2v) is 4.78. The van der Waals surface area contributed by atoms with Crippen molar-refractivity contribution in [3.8, 4) is 5.75 Å². The lowest BCUT2D eigenvalue weighted by Gasteiger charge is -2.17. The van der Waals surface area contributed by atoms with Gasteiger partial charge in [-0.3, -0.25) is 0 Å². The van der Waals surface area contributed by atoms with Crippen molar-refractivity contribution in [1.29, 1.82) is 0 Å². The molecule has 1 atom stereocenters. The molecule has 2 N–H and O–H groups in total. The number of phenols is 1. The van der Waals surface area contributed by atoms with Crippen molar-refractivity contribution in [3.05, 3.63) is 29.8 Å². The maximum atomic E-state index is 9.20. The van der Waals surface area contributed by atoms with E-state index >= 15 is 0 Å². The van der Waals surface area contributed by atoms with Crippen LogP contribution in [0.3, 0.4) is 0 Å². The van der Waals surface area contributed by atoms with Crippen LogP contribution in [0.4, 0.5) is 0 Å². The van der Waals surface area contributed by atoms with E-state index in [1.54, 1.807) is 12.1 Å². The molecule has 0 radical (unpaired) electrons. The summed E-state index contributed by atoms with van der Waals surface area (Å²) < 4.78 is 0. The molecule has 0 bridgehead atoms. The first-order valence-electron chi connectivity index (χ1n) is 6.31. The molecular formula is C14H21NO. The van der Waals surface area contributed by atoms with Crippen LogP contribution >= 0.6 is 0 Å². The molecule has 88 valence electrons. The molecule has 16 heavy (non-hydrogen) atoms. The zero-order chi connectivity index (χ0) is 11.4. The third kappa shape index (κ3) is 3.24. The van der Waals surface area contributed by atoms with Crippen LogP contribution in [-0.2, 0) is 6.54 Å². The predicted molar refractivity (Wildman–Crippen MR) is 66.4 cm³/mol. The van der Waals surface area contributed by atoms with E-state index in [1.807, 2.05) is 12.1 Å². The van der Waals surface area contributed by atoms with Crippen molar-refractivity contribution < 1.29 is 5.11 Å². The van der Waals surface area contributed by atoms with Crippen molar-refractivity contribution in [1.82, 2.24) is 5.32 Å². The fourth-order valence-corrected chi connectivity index (χ4v) is 2.18. The summed E-state index contributed by atoms with van der Waals surface area (Å²) in [7, 11) is 0. The van der Waals surface area contributed by atoms with Crippen LogP contribution in [0, 0.1) is 5.92 Å². The highest BCUT2D eigenvalue weighted by Gasteiger charge is 2.29.